The van der Waals surface area contributed by atoms with E-state index >= 15 is 0 Å². The molecule has 0 amide bonds. The number of nitrogens with zero attached hydrogens (tertiary/aromatic N) is 1. The monoisotopic (exact) mass is 367 g/mol. The molecule has 140 valence electrons. The highest BCUT2D eigenvalue weighted by Gasteiger charge is 2.33. The van der Waals surface area contributed by atoms with Crippen LogP contribution in [0.4, 0.5) is 0 Å². The van der Waals surface area contributed by atoms with Crippen molar-refractivity contribution in [3.63, 3.8) is 0 Å². The van der Waals surface area contributed by atoms with Gasteiger partial charge in [-0.05, 0) is 36.8 Å². The van der Waals surface area contributed by atoms with Crippen LogP contribution in [0.1, 0.15) is 37.7 Å². The minimum absolute atomic E-state index is 0.325. The molecule has 5 nitrogen and oxygen atoms in total. The van der Waals surface area contributed by atoms with E-state index in [1.807, 2.05) is 18.2 Å². The molecule has 1 aliphatic carbocycles. The lowest BCUT2D eigenvalue weighted by Crippen LogP contribution is -2.43. The Morgan fingerprint density at radius 1 is 1.24 bits per heavy atom. The Morgan fingerprint density at radius 2 is 2.00 bits per heavy atom. The summed E-state index contributed by atoms with van der Waals surface area (Å²) in [5.41, 5.74) is 1.37. The lowest BCUT2D eigenvalue weighted by Gasteiger charge is -2.30. The van der Waals surface area contributed by atoms with E-state index in [2.05, 4.69) is 15.6 Å². The predicted molar refractivity (Wildman–Crippen MR) is 104 cm³/mol. The van der Waals surface area contributed by atoms with Gasteiger partial charge in [-0.25, -0.2) is 0 Å². The zero-order valence-electron chi connectivity index (χ0n) is 15.5. The average Bonchev–Trinajstić information content (AvgIpc) is 3.10. The molecule has 0 saturated heterocycles. The van der Waals surface area contributed by atoms with Gasteiger partial charge in [0.2, 0.25) is 0 Å². The van der Waals surface area contributed by atoms with E-state index in [9.17, 15) is 0 Å². The van der Waals surface area contributed by atoms with Gasteiger partial charge in [0.05, 0.1) is 7.11 Å². The Kier molecular flexibility index (Phi) is 7.85. The zero-order chi connectivity index (χ0) is 18.1. The number of benzene rings is 1. The van der Waals surface area contributed by atoms with Gasteiger partial charge >= 0.3 is 0 Å². The third-order valence-corrected chi connectivity index (χ3v) is 5.29. The number of hydrogen-bond donors (Lipinski definition) is 2. The van der Waals surface area contributed by atoms with Gasteiger partial charge in [-0.15, -0.1) is 0 Å². The van der Waals surface area contributed by atoms with E-state index in [0.29, 0.717) is 17.0 Å². The van der Waals surface area contributed by atoms with Gasteiger partial charge in [-0.2, -0.15) is 0 Å². The first kappa shape index (κ1) is 19.9. The fourth-order valence-corrected chi connectivity index (χ4v) is 3.66. The molecule has 1 fully saturated rings. The van der Waals surface area contributed by atoms with Gasteiger partial charge < -0.3 is 20.1 Å². The van der Waals surface area contributed by atoms with E-state index in [1.165, 1.54) is 25.7 Å². The third kappa shape index (κ3) is 5.79. The summed E-state index contributed by atoms with van der Waals surface area (Å²) in [7, 11) is 5.23. The molecule has 0 unspecified atom stereocenters. The number of aliphatic imine (C=N–C) groups is 1. The van der Waals surface area contributed by atoms with Crippen LogP contribution in [0.15, 0.2) is 23.2 Å². The van der Waals surface area contributed by atoms with Crippen molar-refractivity contribution in [2.24, 2.45) is 10.4 Å². The summed E-state index contributed by atoms with van der Waals surface area (Å²) in [5.74, 6) is 1.59. The number of rotatable bonds is 8. The standard InChI is InChI=1S/C19H30ClN3O2/c1-21-18(22-13-15-6-7-16(20)12-17(15)25-3)23-14-19(10-11-24-2)8-4-5-9-19/h6-7,12H,4-5,8-11,13-14H2,1-3H3,(H2,21,22,23). The average molecular weight is 368 g/mol. The van der Waals surface area contributed by atoms with Crippen molar-refractivity contribution in [1.82, 2.24) is 10.6 Å². The van der Waals surface area contributed by atoms with Crippen LogP contribution in [0.2, 0.25) is 5.02 Å². The molecule has 0 atom stereocenters. The highest BCUT2D eigenvalue weighted by molar-refractivity contribution is 6.30. The number of ether oxygens (including phenoxy) is 2. The summed E-state index contributed by atoms with van der Waals surface area (Å²) in [4.78, 5) is 4.34. The summed E-state index contributed by atoms with van der Waals surface area (Å²) in [6.45, 7) is 2.37. The molecule has 1 aliphatic rings. The van der Waals surface area contributed by atoms with Crippen molar-refractivity contribution in [3.05, 3.63) is 28.8 Å². The van der Waals surface area contributed by atoms with Gasteiger partial charge in [0, 0.05) is 44.4 Å². The molecular weight excluding hydrogens is 338 g/mol. The quantitative estimate of drug-likeness (QED) is 0.544. The number of methoxy groups -OCH3 is 2. The maximum atomic E-state index is 6.02. The smallest absolute Gasteiger partial charge is 0.191 e. The van der Waals surface area contributed by atoms with Crippen molar-refractivity contribution in [2.75, 3.05) is 34.4 Å². The van der Waals surface area contributed by atoms with Crippen LogP contribution in [0.3, 0.4) is 0 Å². The van der Waals surface area contributed by atoms with Crippen molar-refractivity contribution >= 4 is 17.6 Å². The summed E-state index contributed by atoms with van der Waals surface area (Å²) >= 11 is 6.02. The molecule has 1 aromatic rings. The first-order valence-corrected chi connectivity index (χ1v) is 9.26. The van der Waals surface area contributed by atoms with Gasteiger partial charge in [-0.3, -0.25) is 4.99 Å². The second-order valence-electron chi connectivity index (χ2n) is 6.69. The first-order valence-electron chi connectivity index (χ1n) is 8.88. The molecule has 0 radical (unpaired) electrons. The SMILES string of the molecule is CN=C(NCc1ccc(Cl)cc1OC)NCC1(CCOC)CCCC1. The van der Waals surface area contributed by atoms with Crippen LogP contribution in [0.25, 0.3) is 0 Å². The van der Waals surface area contributed by atoms with Crippen molar-refractivity contribution in [3.8, 4) is 5.75 Å². The maximum absolute atomic E-state index is 6.02. The largest absolute Gasteiger partial charge is 0.496 e. The number of nitrogens with one attached hydrogen (secondary N) is 2. The van der Waals surface area contributed by atoms with Gasteiger partial charge in [-0.1, -0.05) is 30.5 Å². The molecule has 0 heterocycles. The number of hydrogen-bond acceptors (Lipinski definition) is 3. The third-order valence-electron chi connectivity index (χ3n) is 5.05. The Labute approximate surface area is 156 Å². The zero-order valence-corrected chi connectivity index (χ0v) is 16.3. The second-order valence-corrected chi connectivity index (χ2v) is 7.12. The van der Waals surface area contributed by atoms with Gasteiger partial charge in [0.1, 0.15) is 5.75 Å². The van der Waals surface area contributed by atoms with E-state index in [4.69, 9.17) is 21.1 Å². The summed E-state index contributed by atoms with van der Waals surface area (Å²) in [6.07, 6.45) is 6.22. The maximum Gasteiger partial charge on any atom is 0.191 e. The first-order chi connectivity index (χ1) is 12.1. The topological polar surface area (TPSA) is 54.9 Å². The van der Waals surface area contributed by atoms with Crippen molar-refractivity contribution in [1.29, 1.82) is 0 Å². The number of halogens is 1. The molecule has 0 spiro atoms. The van der Waals surface area contributed by atoms with E-state index in [1.54, 1.807) is 21.3 Å². The highest BCUT2D eigenvalue weighted by Crippen LogP contribution is 2.40. The lowest BCUT2D eigenvalue weighted by atomic mass is 9.83. The van der Waals surface area contributed by atoms with E-state index in [0.717, 1.165) is 36.8 Å². The summed E-state index contributed by atoms with van der Waals surface area (Å²) < 4.78 is 10.7. The fourth-order valence-electron chi connectivity index (χ4n) is 3.49. The van der Waals surface area contributed by atoms with Crippen LogP contribution in [-0.2, 0) is 11.3 Å². The van der Waals surface area contributed by atoms with Crippen LogP contribution in [-0.4, -0.2) is 40.4 Å². The second kappa shape index (κ2) is 9.88. The Bertz CT molecular complexity index is 572. The van der Waals surface area contributed by atoms with Gasteiger partial charge in [0.25, 0.3) is 0 Å². The molecule has 6 heteroatoms. The van der Waals surface area contributed by atoms with E-state index in [-0.39, 0.29) is 0 Å². The number of guanidine groups is 1. The minimum Gasteiger partial charge on any atom is -0.496 e. The van der Waals surface area contributed by atoms with Crippen LogP contribution < -0.4 is 15.4 Å². The summed E-state index contributed by atoms with van der Waals surface area (Å²) in [5, 5.41) is 7.53. The van der Waals surface area contributed by atoms with E-state index < -0.39 is 0 Å². The van der Waals surface area contributed by atoms with Crippen molar-refractivity contribution in [2.45, 2.75) is 38.6 Å². The molecule has 25 heavy (non-hydrogen) atoms. The Morgan fingerprint density at radius 3 is 2.64 bits per heavy atom. The molecular formula is C19H30ClN3O2. The fraction of sp³-hybridized carbons (Fsp3) is 0.632. The molecule has 2 N–H and O–H groups in total. The normalized spacial score (nSPS) is 16.7. The molecule has 1 aromatic carbocycles. The van der Waals surface area contributed by atoms with Crippen LogP contribution in [0.5, 0.6) is 5.75 Å². The molecule has 1 saturated carbocycles. The molecule has 0 bridgehead atoms. The summed E-state index contributed by atoms with van der Waals surface area (Å²) in [6, 6.07) is 5.67. The minimum atomic E-state index is 0.325. The van der Waals surface area contributed by atoms with Crippen LogP contribution in [0, 0.1) is 5.41 Å². The highest BCUT2D eigenvalue weighted by atomic mass is 35.5. The Hall–Kier alpha value is -1.46. The molecule has 0 aliphatic heterocycles. The predicted octanol–water partition coefficient (Wildman–Crippen LogP) is 3.61. The van der Waals surface area contributed by atoms with Crippen LogP contribution >= 0.6 is 11.6 Å². The Balaban J connectivity index is 1.90. The molecule has 2 rings (SSSR count). The van der Waals surface area contributed by atoms with Gasteiger partial charge in [0.15, 0.2) is 5.96 Å². The van der Waals surface area contributed by atoms with Crippen molar-refractivity contribution < 1.29 is 9.47 Å². The lowest BCUT2D eigenvalue weighted by molar-refractivity contribution is 0.138. The molecule has 0 aromatic heterocycles.